The van der Waals surface area contributed by atoms with Crippen molar-refractivity contribution in [1.29, 1.82) is 0 Å². The van der Waals surface area contributed by atoms with Crippen molar-refractivity contribution < 1.29 is 29.0 Å². The number of aliphatic carboxylic acids is 1. The smallest absolute Gasteiger partial charge is 0.328 e. The van der Waals surface area contributed by atoms with Gasteiger partial charge in [0.25, 0.3) is 5.91 Å². The topological polar surface area (TPSA) is 126 Å². The number of methoxy groups -OCH3 is 2. The molecular weight excluding hydrogens is 326 g/mol. The number of carbonyl (C=O) groups excluding carboxylic acids is 2. The standard InChI is InChI=1S/C13H21N3O6S/c1-7-14-4-10(23-7)12(18)15-8(5-21-2)11(17)16-9(6-22-3)13(19)20/h4,7-9,14H,5-6H2,1-3H3,(H,15,18)(H,16,17)(H,19,20)/t7?,8-,9-/m0/s1. The normalized spacial score (nSPS) is 19.3. The first-order valence-electron chi connectivity index (χ1n) is 6.83. The van der Waals surface area contributed by atoms with E-state index in [1.54, 1.807) is 6.20 Å². The minimum Gasteiger partial charge on any atom is -0.480 e. The minimum atomic E-state index is -1.23. The molecule has 1 heterocycles. The van der Waals surface area contributed by atoms with Crippen molar-refractivity contribution in [3.05, 3.63) is 11.1 Å². The molecule has 23 heavy (non-hydrogen) atoms. The average Bonchev–Trinajstić information content (AvgIpc) is 2.92. The second-order valence-corrected chi connectivity index (χ2v) is 6.15. The maximum absolute atomic E-state index is 12.2. The van der Waals surface area contributed by atoms with E-state index in [1.165, 1.54) is 26.0 Å². The lowest BCUT2D eigenvalue weighted by molar-refractivity contribution is -0.144. The Bertz CT molecular complexity index is 484. The molecule has 3 atom stereocenters. The maximum atomic E-state index is 12.2. The summed E-state index contributed by atoms with van der Waals surface area (Å²) in [5.74, 6) is -2.31. The van der Waals surface area contributed by atoms with Crippen LogP contribution in [0.1, 0.15) is 6.92 Å². The highest BCUT2D eigenvalue weighted by atomic mass is 32.2. The third kappa shape index (κ3) is 6.08. The molecule has 130 valence electrons. The van der Waals surface area contributed by atoms with Crippen LogP contribution in [0.25, 0.3) is 0 Å². The molecule has 0 aliphatic carbocycles. The number of nitrogens with one attached hydrogen (secondary N) is 3. The Balaban J connectivity index is 2.67. The highest BCUT2D eigenvalue weighted by molar-refractivity contribution is 8.04. The molecule has 0 saturated heterocycles. The van der Waals surface area contributed by atoms with Crippen LogP contribution in [0.2, 0.25) is 0 Å². The van der Waals surface area contributed by atoms with E-state index in [1.807, 2.05) is 6.92 Å². The number of ether oxygens (including phenoxy) is 2. The first-order valence-corrected chi connectivity index (χ1v) is 7.71. The third-order valence-corrected chi connectivity index (χ3v) is 3.93. The van der Waals surface area contributed by atoms with Gasteiger partial charge in [-0.2, -0.15) is 0 Å². The van der Waals surface area contributed by atoms with E-state index in [0.29, 0.717) is 4.91 Å². The SMILES string of the molecule is COC[C@H](NC(=O)[C@H](COC)NC(=O)C1=CNC(C)S1)C(=O)O. The van der Waals surface area contributed by atoms with Crippen molar-refractivity contribution in [2.45, 2.75) is 24.4 Å². The second-order valence-electron chi connectivity index (χ2n) is 4.77. The predicted octanol–water partition coefficient (Wildman–Crippen LogP) is -1.14. The molecule has 1 rings (SSSR count). The second kappa shape index (κ2) is 9.38. The highest BCUT2D eigenvalue weighted by Gasteiger charge is 2.28. The zero-order valence-electron chi connectivity index (χ0n) is 13.1. The Morgan fingerprint density at radius 2 is 1.87 bits per heavy atom. The molecule has 10 heteroatoms. The van der Waals surface area contributed by atoms with Crippen molar-refractivity contribution in [3.8, 4) is 0 Å². The van der Waals surface area contributed by atoms with Gasteiger partial charge in [-0.15, -0.1) is 0 Å². The van der Waals surface area contributed by atoms with E-state index >= 15 is 0 Å². The zero-order valence-corrected chi connectivity index (χ0v) is 13.9. The largest absolute Gasteiger partial charge is 0.480 e. The van der Waals surface area contributed by atoms with Gasteiger partial charge in [0.2, 0.25) is 5.91 Å². The summed E-state index contributed by atoms with van der Waals surface area (Å²) >= 11 is 1.32. The van der Waals surface area contributed by atoms with Gasteiger partial charge in [0.1, 0.15) is 6.04 Å². The molecule has 0 bridgehead atoms. The van der Waals surface area contributed by atoms with E-state index < -0.39 is 29.9 Å². The van der Waals surface area contributed by atoms with Crippen molar-refractivity contribution in [2.75, 3.05) is 27.4 Å². The summed E-state index contributed by atoms with van der Waals surface area (Å²) in [7, 11) is 2.71. The number of hydrogen-bond donors (Lipinski definition) is 4. The number of thioether (sulfide) groups is 1. The summed E-state index contributed by atoms with van der Waals surface area (Å²) in [5, 5.41) is 16.9. The lowest BCUT2D eigenvalue weighted by Crippen LogP contribution is -2.54. The number of carboxylic acids is 1. The summed E-state index contributed by atoms with van der Waals surface area (Å²) in [6.07, 6.45) is 1.57. The summed E-state index contributed by atoms with van der Waals surface area (Å²) in [6, 6.07) is -2.21. The molecule has 1 aliphatic rings. The monoisotopic (exact) mass is 347 g/mol. The molecule has 0 aromatic rings. The Morgan fingerprint density at radius 1 is 1.26 bits per heavy atom. The van der Waals surface area contributed by atoms with Crippen LogP contribution in [0.15, 0.2) is 11.1 Å². The van der Waals surface area contributed by atoms with Gasteiger partial charge in [0, 0.05) is 20.4 Å². The Labute approximate surface area is 138 Å². The predicted molar refractivity (Wildman–Crippen MR) is 83.5 cm³/mol. The van der Waals surface area contributed by atoms with Gasteiger partial charge in [0.15, 0.2) is 6.04 Å². The van der Waals surface area contributed by atoms with Gasteiger partial charge in [-0.3, -0.25) is 9.59 Å². The highest BCUT2D eigenvalue weighted by Crippen LogP contribution is 2.24. The molecule has 2 amide bonds. The van der Waals surface area contributed by atoms with E-state index in [9.17, 15) is 14.4 Å². The zero-order chi connectivity index (χ0) is 17.4. The van der Waals surface area contributed by atoms with Crippen LogP contribution >= 0.6 is 11.8 Å². The number of rotatable bonds is 9. The van der Waals surface area contributed by atoms with Gasteiger partial charge in [0.05, 0.1) is 23.5 Å². The molecule has 0 saturated carbocycles. The molecule has 0 fully saturated rings. The summed E-state index contributed by atoms with van der Waals surface area (Å²) in [4.78, 5) is 35.8. The lowest BCUT2D eigenvalue weighted by Gasteiger charge is -2.20. The molecule has 0 aromatic heterocycles. The van der Waals surface area contributed by atoms with Crippen molar-refractivity contribution in [1.82, 2.24) is 16.0 Å². The van der Waals surface area contributed by atoms with Gasteiger partial charge in [-0.05, 0) is 6.92 Å². The van der Waals surface area contributed by atoms with Crippen LogP contribution in [-0.4, -0.2) is 67.8 Å². The van der Waals surface area contributed by atoms with Crippen LogP contribution in [0.5, 0.6) is 0 Å². The van der Waals surface area contributed by atoms with Gasteiger partial charge < -0.3 is 30.5 Å². The number of carbonyl (C=O) groups is 3. The Hall–Kier alpha value is -1.78. The average molecular weight is 347 g/mol. The van der Waals surface area contributed by atoms with Crippen LogP contribution in [-0.2, 0) is 23.9 Å². The molecule has 9 nitrogen and oxygen atoms in total. The fraction of sp³-hybridized carbons (Fsp3) is 0.615. The molecule has 1 unspecified atom stereocenters. The van der Waals surface area contributed by atoms with Crippen molar-refractivity contribution in [3.63, 3.8) is 0 Å². The number of hydrogen-bond acceptors (Lipinski definition) is 7. The van der Waals surface area contributed by atoms with E-state index in [-0.39, 0.29) is 18.6 Å². The lowest BCUT2D eigenvalue weighted by atomic mass is 10.2. The fourth-order valence-corrected chi connectivity index (χ4v) is 2.58. The van der Waals surface area contributed by atoms with E-state index in [0.717, 1.165) is 0 Å². The van der Waals surface area contributed by atoms with Gasteiger partial charge in [-0.1, -0.05) is 11.8 Å². The first-order chi connectivity index (χ1) is 10.9. The van der Waals surface area contributed by atoms with Crippen molar-refractivity contribution in [2.24, 2.45) is 0 Å². The molecule has 0 spiro atoms. The van der Waals surface area contributed by atoms with Crippen LogP contribution in [0, 0.1) is 0 Å². The molecule has 0 radical (unpaired) electrons. The van der Waals surface area contributed by atoms with Crippen LogP contribution in [0.4, 0.5) is 0 Å². The van der Waals surface area contributed by atoms with Gasteiger partial charge >= 0.3 is 5.97 Å². The van der Waals surface area contributed by atoms with E-state index in [4.69, 9.17) is 14.6 Å². The number of carboxylic acid groups (broad SMARTS) is 1. The van der Waals surface area contributed by atoms with Gasteiger partial charge in [-0.25, -0.2) is 4.79 Å². The first kappa shape index (κ1) is 19.3. The Morgan fingerprint density at radius 3 is 2.35 bits per heavy atom. The molecular formula is C13H21N3O6S. The summed E-state index contributed by atoms with van der Waals surface area (Å²) in [6.45, 7) is 1.62. The number of amides is 2. The molecule has 0 aromatic carbocycles. The quantitative estimate of drug-likeness (QED) is 0.412. The van der Waals surface area contributed by atoms with Crippen LogP contribution in [0.3, 0.4) is 0 Å². The van der Waals surface area contributed by atoms with Crippen LogP contribution < -0.4 is 16.0 Å². The minimum absolute atomic E-state index is 0.0727. The summed E-state index contributed by atoms with van der Waals surface area (Å²) in [5.41, 5.74) is 0. The third-order valence-electron chi connectivity index (χ3n) is 2.88. The Kier molecular flexibility index (Phi) is 7.86. The maximum Gasteiger partial charge on any atom is 0.328 e. The fourth-order valence-electron chi connectivity index (χ4n) is 1.76. The van der Waals surface area contributed by atoms with E-state index in [2.05, 4.69) is 16.0 Å². The molecule has 1 aliphatic heterocycles. The molecule has 4 N–H and O–H groups in total. The summed E-state index contributed by atoms with van der Waals surface area (Å²) < 4.78 is 9.66. The van der Waals surface area contributed by atoms with Crippen molar-refractivity contribution >= 4 is 29.5 Å².